The second-order valence-corrected chi connectivity index (χ2v) is 9.41. The molecule has 6 atom stereocenters. The molecular weight excluding hydrogens is 418 g/mol. The van der Waals surface area contributed by atoms with E-state index >= 15 is 0 Å². The molecule has 166 valence electrons. The molecule has 3 N–H and O–H groups in total. The Hall–Kier alpha value is -0.640. The molecule has 0 aromatic carbocycles. The highest BCUT2D eigenvalue weighted by Gasteiger charge is 2.80. The first-order chi connectivity index (χ1) is 13.5. The fraction of sp³-hybridized carbons (Fsp3) is 0.800. The average molecular weight is 450 g/mol. The minimum absolute atomic E-state index is 0.172. The minimum Gasteiger partial charge on any atom is -0.390 e. The average Bonchev–Trinajstić information content (AvgIpc) is 3.32. The summed E-state index contributed by atoms with van der Waals surface area (Å²) in [7, 11) is 1.39. The number of epoxide rings is 1. The molecule has 0 aromatic rings. The highest BCUT2D eigenvalue weighted by molar-refractivity contribution is 7.98. The van der Waals surface area contributed by atoms with Gasteiger partial charge in [-0.25, -0.2) is 0 Å². The van der Waals surface area contributed by atoms with Crippen molar-refractivity contribution >= 4 is 35.2 Å². The second kappa shape index (κ2) is 9.24. The molecule has 1 saturated carbocycles. The van der Waals surface area contributed by atoms with Gasteiger partial charge in [-0.15, -0.1) is 11.6 Å². The number of aliphatic hydroxyl groups is 2. The molecule has 29 heavy (non-hydrogen) atoms. The van der Waals surface area contributed by atoms with Crippen molar-refractivity contribution in [2.75, 3.05) is 25.0 Å². The molecule has 1 aliphatic carbocycles. The van der Waals surface area contributed by atoms with Crippen LogP contribution in [0.25, 0.3) is 0 Å². The first-order valence-electron chi connectivity index (χ1n) is 9.67. The third-order valence-electron chi connectivity index (χ3n) is 6.20. The van der Waals surface area contributed by atoms with E-state index in [9.17, 15) is 19.8 Å². The molecule has 0 bridgehead atoms. The van der Waals surface area contributed by atoms with Crippen molar-refractivity contribution in [3.8, 4) is 0 Å². The maximum absolute atomic E-state index is 13.6. The van der Waals surface area contributed by atoms with Crippen molar-refractivity contribution in [1.29, 1.82) is 0 Å². The van der Waals surface area contributed by atoms with Gasteiger partial charge in [0.15, 0.2) is 0 Å². The Morgan fingerprint density at radius 1 is 1.41 bits per heavy atom. The van der Waals surface area contributed by atoms with Crippen LogP contribution in [-0.2, 0) is 19.1 Å². The van der Waals surface area contributed by atoms with Crippen molar-refractivity contribution in [2.24, 2.45) is 5.41 Å². The Bertz CT molecular complexity index is 671. The number of methoxy groups -OCH3 is 1. The quantitative estimate of drug-likeness (QED) is 0.293. The molecule has 9 heteroatoms. The van der Waals surface area contributed by atoms with E-state index in [1.807, 2.05) is 26.2 Å². The fourth-order valence-electron chi connectivity index (χ4n) is 4.84. The van der Waals surface area contributed by atoms with Crippen molar-refractivity contribution < 1.29 is 29.3 Å². The summed E-state index contributed by atoms with van der Waals surface area (Å²) in [6, 6.07) is 0. The zero-order valence-electron chi connectivity index (χ0n) is 17.7. The molecule has 7 nitrogen and oxygen atoms in total. The van der Waals surface area contributed by atoms with Crippen LogP contribution in [0.15, 0.2) is 11.6 Å². The smallest absolute Gasteiger partial charge is 0.241 e. The largest absolute Gasteiger partial charge is 0.390 e. The number of amides is 2. The van der Waals surface area contributed by atoms with E-state index in [1.54, 1.807) is 6.92 Å². The number of hydrogen-bond donors (Lipinski definition) is 3. The standard InChI is InChI=1S/C20H32ClNO6S/c1-12(2)6-7-14-18(3,28-14)20(17(25)22-15(24)10-21)16(27-4)13(23)8-9-19(20,26)11-29-5/h6,13-14,16,23,26H,7-11H2,1-5H3,(H,22,24,25). The number of allylic oxidation sites excluding steroid dienone is 1. The third-order valence-corrected chi connectivity index (χ3v) is 7.21. The zero-order valence-corrected chi connectivity index (χ0v) is 19.2. The van der Waals surface area contributed by atoms with Gasteiger partial charge in [0.2, 0.25) is 11.8 Å². The van der Waals surface area contributed by atoms with Crippen LogP contribution in [0.2, 0.25) is 0 Å². The van der Waals surface area contributed by atoms with E-state index in [-0.39, 0.29) is 24.7 Å². The van der Waals surface area contributed by atoms with Crippen LogP contribution < -0.4 is 5.32 Å². The van der Waals surface area contributed by atoms with Gasteiger partial charge in [-0.1, -0.05) is 11.6 Å². The lowest BCUT2D eigenvalue weighted by atomic mass is 9.53. The highest BCUT2D eigenvalue weighted by atomic mass is 35.5. The van der Waals surface area contributed by atoms with Gasteiger partial charge in [0.1, 0.15) is 23.0 Å². The molecule has 0 radical (unpaired) electrons. The number of hydrogen-bond acceptors (Lipinski definition) is 7. The Labute approximate surface area is 181 Å². The molecular formula is C20H32ClNO6S. The minimum atomic E-state index is -1.70. The molecule has 2 aliphatic rings. The Morgan fingerprint density at radius 3 is 2.59 bits per heavy atom. The zero-order chi connectivity index (χ0) is 22.0. The maximum Gasteiger partial charge on any atom is 0.241 e. The van der Waals surface area contributed by atoms with E-state index in [4.69, 9.17) is 21.1 Å². The van der Waals surface area contributed by atoms with Gasteiger partial charge in [-0.3, -0.25) is 14.9 Å². The lowest BCUT2D eigenvalue weighted by molar-refractivity contribution is -0.227. The van der Waals surface area contributed by atoms with Crippen molar-refractivity contribution in [2.45, 2.75) is 69.5 Å². The molecule has 0 aromatic heterocycles. The predicted octanol–water partition coefficient (Wildman–Crippen LogP) is 1.63. The lowest BCUT2D eigenvalue weighted by Crippen LogP contribution is -2.75. The number of alkyl halides is 1. The fourth-order valence-corrected chi connectivity index (χ4v) is 5.76. The summed E-state index contributed by atoms with van der Waals surface area (Å²) < 4.78 is 11.7. The van der Waals surface area contributed by atoms with Gasteiger partial charge in [-0.2, -0.15) is 11.8 Å². The van der Waals surface area contributed by atoms with E-state index in [2.05, 4.69) is 5.32 Å². The van der Waals surface area contributed by atoms with Crippen LogP contribution in [0.1, 0.15) is 40.0 Å². The number of imide groups is 1. The van der Waals surface area contributed by atoms with Crippen molar-refractivity contribution in [1.82, 2.24) is 5.32 Å². The Morgan fingerprint density at radius 2 is 2.07 bits per heavy atom. The summed E-state index contributed by atoms with van der Waals surface area (Å²) in [5.74, 6) is -1.59. The lowest BCUT2D eigenvalue weighted by Gasteiger charge is -2.56. The predicted molar refractivity (Wildman–Crippen MR) is 113 cm³/mol. The molecule has 6 unspecified atom stereocenters. The molecule has 2 amide bonds. The Kier molecular flexibility index (Phi) is 7.85. The van der Waals surface area contributed by atoms with E-state index in [0.717, 1.165) is 5.57 Å². The van der Waals surface area contributed by atoms with Crippen molar-refractivity contribution in [3.63, 3.8) is 0 Å². The van der Waals surface area contributed by atoms with Crippen LogP contribution in [0, 0.1) is 5.41 Å². The van der Waals surface area contributed by atoms with Gasteiger partial charge in [0.25, 0.3) is 0 Å². The summed E-state index contributed by atoms with van der Waals surface area (Å²) in [6.45, 7) is 5.68. The van der Waals surface area contributed by atoms with Crippen LogP contribution in [-0.4, -0.2) is 76.5 Å². The van der Waals surface area contributed by atoms with E-state index in [1.165, 1.54) is 18.9 Å². The molecule has 1 heterocycles. The van der Waals surface area contributed by atoms with Gasteiger partial charge >= 0.3 is 0 Å². The van der Waals surface area contributed by atoms with Crippen LogP contribution in [0.3, 0.4) is 0 Å². The molecule has 1 saturated heterocycles. The topological polar surface area (TPSA) is 108 Å². The molecule has 2 fully saturated rings. The number of thioether (sulfide) groups is 1. The Balaban J connectivity index is 2.64. The van der Waals surface area contributed by atoms with Gasteiger partial charge in [0, 0.05) is 12.9 Å². The summed E-state index contributed by atoms with van der Waals surface area (Å²) in [5, 5.41) is 24.9. The summed E-state index contributed by atoms with van der Waals surface area (Å²) in [4.78, 5) is 25.6. The first kappa shape index (κ1) is 24.6. The van der Waals surface area contributed by atoms with E-state index < -0.39 is 46.5 Å². The number of ether oxygens (including phenoxy) is 2. The van der Waals surface area contributed by atoms with E-state index in [0.29, 0.717) is 6.42 Å². The highest BCUT2D eigenvalue weighted by Crippen LogP contribution is 2.63. The van der Waals surface area contributed by atoms with Crippen molar-refractivity contribution in [3.05, 3.63) is 11.6 Å². The van der Waals surface area contributed by atoms with Gasteiger partial charge in [-0.05, 0) is 46.3 Å². The molecule has 1 aliphatic heterocycles. The van der Waals surface area contributed by atoms with Gasteiger partial charge < -0.3 is 19.7 Å². The second-order valence-electron chi connectivity index (χ2n) is 8.28. The number of aliphatic hydroxyl groups excluding tert-OH is 1. The number of halogens is 1. The SMILES string of the molecule is COC1C(O)CCC(O)(CSC)C1(C(=O)NC(=O)CCl)C1(C)OC1CC=C(C)C. The number of carbonyl (C=O) groups excluding carboxylic acids is 2. The van der Waals surface area contributed by atoms with Crippen LogP contribution in [0.5, 0.6) is 0 Å². The normalized spacial score (nSPS) is 39.0. The third kappa shape index (κ3) is 4.12. The summed E-state index contributed by atoms with van der Waals surface area (Å²) in [5.41, 5.74) is -3.29. The van der Waals surface area contributed by atoms with Crippen LogP contribution in [0.4, 0.5) is 0 Å². The maximum atomic E-state index is 13.6. The summed E-state index contributed by atoms with van der Waals surface area (Å²) >= 11 is 6.99. The number of carbonyl (C=O) groups is 2. The first-order valence-corrected chi connectivity index (χ1v) is 11.6. The summed E-state index contributed by atoms with van der Waals surface area (Å²) in [6.07, 6.45) is 2.38. The van der Waals surface area contributed by atoms with Crippen LogP contribution >= 0.6 is 23.4 Å². The number of rotatable bonds is 8. The molecule has 0 spiro atoms. The molecule has 2 rings (SSSR count). The number of nitrogens with one attached hydrogen (secondary N) is 1. The van der Waals surface area contributed by atoms with Gasteiger partial charge in [0.05, 0.1) is 17.8 Å². The monoisotopic (exact) mass is 449 g/mol.